The lowest BCUT2D eigenvalue weighted by molar-refractivity contribution is -0.142. The molecule has 1 aliphatic carbocycles. The van der Waals surface area contributed by atoms with Crippen LogP contribution >= 0.6 is 11.3 Å². The van der Waals surface area contributed by atoms with Crippen LogP contribution in [0.3, 0.4) is 0 Å². The molecule has 104 valence electrons. The van der Waals surface area contributed by atoms with Crippen molar-refractivity contribution in [2.24, 2.45) is 0 Å². The molecule has 1 aliphatic heterocycles. The number of allylic oxidation sites excluding steroid dienone is 3. The van der Waals surface area contributed by atoms with Crippen molar-refractivity contribution < 1.29 is 19.1 Å². The smallest absolute Gasteiger partial charge is 0.373 e. The van der Waals surface area contributed by atoms with Gasteiger partial charge >= 0.3 is 5.97 Å². The minimum atomic E-state index is -0.472. The Bertz CT molecular complexity index is 610. The van der Waals surface area contributed by atoms with Crippen LogP contribution in [0, 0.1) is 0 Å². The van der Waals surface area contributed by atoms with Gasteiger partial charge in [0.15, 0.2) is 5.78 Å². The van der Waals surface area contributed by atoms with E-state index in [0.717, 1.165) is 4.88 Å². The Morgan fingerprint density at radius 3 is 3.05 bits per heavy atom. The number of hydrogen-bond acceptors (Lipinski definition) is 5. The molecule has 2 heterocycles. The molecule has 4 nitrogen and oxygen atoms in total. The molecular weight excluding hydrogens is 276 g/mol. The maximum absolute atomic E-state index is 12.0. The molecule has 0 bridgehead atoms. The van der Waals surface area contributed by atoms with Crippen LogP contribution < -0.4 is 0 Å². The highest BCUT2D eigenvalue weighted by atomic mass is 32.1. The molecule has 0 fully saturated rings. The van der Waals surface area contributed by atoms with Gasteiger partial charge in [0.05, 0.1) is 6.61 Å². The molecule has 2 aliphatic rings. The van der Waals surface area contributed by atoms with Crippen molar-refractivity contribution in [1.29, 1.82) is 0 Å². The van der Waals surface area contributed by atoms with Crippen LogP contribution in [-0.2, 0) is 19.1 Å². The minimum absolute atomic E-state index is 0.109. The third-order valence-electron chi connectivity index (χ3n) is 3.37. The zero-order chi connectivity index (χ0) is 14.1. The number of thiophene rings is 1. The van der Waals surface area contributed by atoms with Gasteiger partial charge in [0, 0.05) is 29.2 Å². The van der Waals surface area contributed by atoms with E-state index in [0.29, 0.717) is 30.8 Å². The number of rotatable bonds is 3. The van der Waals surface area contributed by atoms with Crippen molar-refractivity contribution in [2.75, 3.05) is 6.61 Å². The van der Waals surface area contributed by atoms with Gasteiger partial charge in [-0.3, -0.25) is 4.79 Å². The molecule has 1 aromatic heterocycles. The molecular formula is C15H14O4S. The highest BCUT2D eigenvalue weighted by molar-refractivity contribution is 7.10. The first-order chi connectivity index (χ1) is 9.70. The summed E-state index contributed by atoms with van der Waals surface area (Å²) in [6, 6.07) is 3.91. The van der Waals surface area contributed by atoms with E-state index >= 15 is 0 Å². The molecule has 0 amide bonds. The Morgan fingerprint density at radius 1 is 1.50 bits per heavy atom. The predicted octanol–water partition coefficient (Wildman–Crippen LogP) is 2.93. The van der Waals surface area contributed by atoms with Crippen LogP contribution in [0.1, 0.15) is 30.6 Å². The normalized spacial score (nSPS) is 21.4. The fourth-order valence-corrected chi connectivity index (χ4v) is 3.31. The average Bonchev–Trinajstić information content (AvgIpc) is 3.08. The van der Waals surface area contributed by atoms with Crippen LogP contribution in [0.2, 0.25) is 0 Å². The highest BCUT2D eigenvalue weighted by Crippen LogP contribution is 2.42. The summed E-state index contributed by atoms with van der Waals surface area (Å²) in [5, 5.41) is 1.96. The van der Waals surface area contributed by atoms with Gasteiger partial charge in [0.2, 0.25) is 5.76 Å². The SMILES string of the molecule is CCOC(=O)C1=CC(c2cccs2)C2=C(CCC2=O)O1. The van der Waals surface area contributed by atoms with Gasteiger partial charge in [0.1, 0.15) is 5.76 Å². The van der Waals surface area contributed by atoms with Crippen LogP contribution in [-0.4, -0.2) is 18.4 Å². The number of Topliss-reactive ketones (excluding diaryl/α,β-unsaturated/α-hetero) is 1. The Balaban J connectivity index is 1.99. The van der Waals surface area contributed by atoms with Gasteiger partial charge in [-0.2, -0.15) is 0 Å². The Kier molecular flexibility index (Phi) is 3.44. The maximum Gasteiger partial charge on any atom is 0.373 e. The van der Waals surface area contributed by atoms with E-state index in [1.54, 1.807) is 24.3 Å². The molecule has 0 saturated carbocycles. The second kappa shape index (κ2) is 5.25. The molecule has 0 spiro atoms. The molecule has 1 atom stereocenters. The second-order valence-corrected chi connectivity index (χ2v) is 5.59. The highest BCUT2D eigenvalue weighted by Gasteiger charge is 2.37. The number of hydrogen-bond donors (Lipinski definition) is 0. The largest absolute Gasteiger partial charge is 0.460 e. The number of ketones is 1. The Labute approximate surface area is 120 Å². The van der Waals surface area contributed by atoms with Gasteiger partial charge in [-0.05, 0) is 24.4 Å². The lowest BCUT2D eigenvalue weighted by Crippen LogP contribution is -2.18. The summed E-state index contributed by atoms with van der Waals surface area (Å²) in [7, 11) is 0. The topological polar surface area (TPSA) is 52.6 Å². The predicted molar refractivity (Wildman–Crippen MR) is 74.1 cm³/mol. The first kappa shape index (κ1) is 13.1. The molecule has 3 rings (SSSR count). The molecule has 20 heavy (non-hydrogen) atoms. The standard InChI is InChI=1S/C15H14O4S/c1-2-18-15(17)12-8-9(13-4-3-7-20-13)14-10(16)5-6-11(14)19-12/h3-4,7-9H,2,5-6H2,1H3. The zero-order valence-corrected chi connectivity index (χ0v) is 11.9. The van der Waals surface area contributed by atoms with E-state index in [9.17, 15) is 9.59 Å². The number of carbonyl (C=O) groups excluding carboxylic acids is 2. The summed E-state index contributed by atoms with van der Waals surface area (Å²) in [5.41, 5.74) is 0.695. The molecule has 0 N–H and O–H groups in total. The molecule has 0 radical (unpaired) electrons. The van der Waals surface area contributed by atoms with E-state index in [1.807, 2.05) is 17.5 Å². The molecule has 1 aromatic rings. The first-order valence-electron chi connectivity index (χ1n) is 6.57. The summed E-state index contributed by atoms with van der Waals surface area (Å²) >= 11 is 1.57. The van der Waals surface area contributed by atoms with Crippen molar-refractivity contribution in [2.45, 2.75) is 25.7 Å². The summed E-state index contributed by atoms with van der Waals surface area (Å²) in [4.78, 5) is 24.9. The van der Waals surface area contributed by atoms with E-state index < -0.39 is 5.97 Å². The van der Waals surface area contributed by atoms with E-state index in [1.165, 1.54) is 0 Å². The molecule has 1 unspecified atom stereocenters. The third-order valence-corrected chi connectivity index (χ3v) is 4.32. The zero-order valence-electron chi connectivity index (χ0n) is 11.0. The van der Waals surface area contributed by atoms with Gasteiger partial charge < -0.3 is 9.47 Å². The van der Waals surface area contributed by atoms with Crippen LogP contribution in [0.15, 0.2) is 40.7 Å². The maximum atomic E-state index is 12.0. The molecule has 0 aromatic carbocycles. The van der Waals surface area contributed by atoms with Crippen molar-refractivity contribution in [3.05, 3.63) is 45.6 Å². The van der Waals surface area contributed by atoms with Gasteiger partial charge in [-0.25, -0.2) is 4.79 Å². The van der Waals surface area contributed by atoms with Gasteiger partial charge in [0.25, 0.3) is 0 Å². The lowest BCUT2D eigenvalue weighted by Gasteiger charge is -2.21. The average molecular weight is 290 g/mol. The van der Waals surface area contributed by atoms with E-state index in [-0.39, 0.29) is 17.5 Å². The second-order valence-electron chi connectivity index (χ2n) is 4.61. The third kappa shape index (κ3) is 2.18. The van der Waals surface area contributed by atoms with Gasteiger partial charge in [-0.1, -0.05) is 6.07 Å². The molecule has 0 saturated heterocycles. The van der Waals surface area contributed by atoms with Crippen molar-refractivity contribution in [3.63, 3.8) is 0 Å². The summed E-state index contributed by atoms with van der Waals surface area (Å²) < 4.78 is 10.6. The van der Waals surface area contributed by atoms with Crippen molar-refractivity contribution in [1.82, 2.24) is 0 Å². The summed E-state index contributed by atoms with van der Waals surface area (Å²) in [5.74, 6) is 0.267. The van der Waals surface area contributed by atoms with Crippen molar-refractivity contribution in [3.8, 4) is 0 Å². The van der Waals surface area contributed by atoms with Crippen molar-refractivity contribution >= 4 is 23.1 Å². The fraction of sp³-hybridized carbons (Fsp3) is 0.333. The number of ether oxygens (including phenoxy) is 2. The van der Waals surface area contributed by atoms with E-state index in [4.69, 9.17) is 9.47 Å². The monoisotopic (exact) mass is 290 g/mol. The minimum Gasteiger partial charge on any atom is -0.460 e. The number of esters is 1. The lowest BCUT2D eigenvalue weighted by atomic mass is 9.93. The Hall–Kier alpha value is -1.88. The van der Waals surface area contributed by atoms with E-state index in [2.05, 4.69) is 0 Å². The first-order valence-corrected chi connectivity index (χ1v) is 7.45. The fourth-order valence-electron chi connectivity index (χ4n) is 2.51. The quantitative estimate of drug-likeness (QED) is 0.803. The number of carbonyl (C=O) groups is 2. The van der Waals surface area contributed by atoms with Crippen LogP contribution in [0.25, 0.3) is 0 Å². The van der Waals surface area contributed by atoms with Gasteiger partial charge in [-0.15, -0.1) is 11.3 Å². The summed E-state index contributed by atoms with van der Waals surface area (Å²) in [6.07, 6.45) is 2.72. The van der Waals surface area contributed by atoms with Crippen LogP contribution in [0.4, 0.5) is 0 Å². The molecule has 5 heteroatoms. The Morgan fingerprint density at radius 2 is 2.35 bits per heavy atom. The summed E-state index contributed by atoms with van der Waals surface area (Å²) in [6.45, 7) is 2.05. The van der Waals surface area contributed by atoms with Crippen LogP contribution in [0.5, 0.6) is 0 Å².